The maximum absolute atomic E-state index is 13.0. The smallest absolute Gasteiger partial charge is 0.338 e. The van der Waals surface area contributed by atoms with Crippen LogP contribution in [-0.4, -0.2) is 82.1 Å². The van der Waals surface area contributed by atoms with Crippen molar-refractivity contribution in [3.05, 3.63) is 215 Å². The number of fused-ring (bicyclic) bond motifs is 2. The zero-order valence-corrected chi connectivity index (χ0v) is 45.2. The fraction of sp³-hybridized carbons (Fsp3) is 0.313. The predicted octanol–water partition coefficient (Wildman–Crippen LogP) is 12.4. The minimum Gasteiger partial charge on any atom is -0.478 e. The van der Waals surface area contributed by atoms with Gasteiger partial charge in [-0.1, -0.05) is 97.1 Å². The summed E-state index contributed by atoms with van der Waals surface area (Å²) in [5.41, 5.74) is 8.40. The summed E-state index contributed by atoms with van der Waals surface area (Å²) in [6.45, 7) is 2.55. The lowest BCUT2D eigenvalue weighted by atomic mass is 9.90. The van der Waals surface area contributed by atoms with E-state index in [1.807, 2.05) is 49.1 Å². The Morgan fingerprint density at radius 2 is 0.938 bits per heavy atom. The molecule has 3 aliphatic rings. The number of carbonyl (C=O) groups is 4. The molecule has 13 nitrogen and oxygen atoms in total. The molecule has 6 aromatic carbocycles. The summed E-state index contributed by atoms with van der Waals surface area (Å²) in [6, 6.07) is 47.9. The van der Waals surface area contributed by atoms with Crippen LogP contribution in [0.1, 0.15) is 128 Å². The first-order chi connectivity index (χ1) is 39.1. The van der Waals surface area contributed by atoms with E-state index in [0.29, 0.717) is 53.7 Å². The topological polar surface area (TPSA) is 181 Å². The van der Waals surface area contributed by atoms with Crippen LogP contribution >= 0.6 is 0 Å². The Morgan fingerprint density at radius 1 is 0.500 bits per heavy atom. The molecule has 410 valence electrons. The number of hydrogen-bond donors (Lipinski definition) is 5. The quantitative estimate of drug-likeness (QED) is 0.0360. The molecule has 0 spiro atoms. The van der Waals surface area contributed by atoms with Gasteiger partial charge in [0.05, 0.1) is 17.2 Å². The number of carboxylic acid groups (broad SMARTS) is 1. The molecule has 0 amide bonds. The van der Waals surface area contributed by atoms with E-state index < -0.39 is 5.97 Å². The van der Waals surface area contributed by atoms with Gasteiger partial charge in [0.25, 0.3) is 0 Å². The van der Waals surface area contributed by atoms with Crippen LogP contribution in [0.3, 0.4) is 0 Å². The van der Waals surface area contributed by atoms with Gasteiger partial charge in [0.1, 0.15) is 6.61 Å². The molecule has 1 saturated heterocycles. The Labute approximate surface area is 467 Å². The molecule has 2 saturated carbocycles. The standard InChI is InChI=1S/C36H39N3O4.C31H31N3O3/c40-35(27-9-11-28(12-10-27)36(41)43-24-32-7-3-19-42-32)21-25-4-1-5-26(20-25)22-38-30-13-15-31(16-14-30)39-34-8-2-6-29-23-37-18-17-33(29)34;35-30(23-7-9-24(10-8-23)31(36)37)18-21-3-1-4-22(17-21)19-33-26-11-13-27(14-12-26)34-29-6-2-5-25-20-32-16-15-28(25)29/h1-2,4-6,8-12,17-18,20,23,30-32,38-39H,3,7,13-16,19,21-22,24H2;1-10,15-17,20,26-27,33-34H,11-14,18-19H2,(H,36,37). The monoisotopic (exact) mass is 1070 g/mol. The summed E-state index contributed by atoms with van der Waals surface area (Å²) in [6.07, 6.45) is 19.0. The predicted molar refractivity (Wildman–Crippen MR) is 315 cm³/mol. The van der Waals surface area contributed by atoms with E-state index in [2.05, 4.69) is 104 Å². The van der Waals surface area contributed by atoms with Crippen LogP contribution in [0.2, 0.25) is 0 Å². The number of ketones is 2. The molecule has 3 fully saturated rings. The lowest BCUT2D eigenvalue weighted by molar-refractivity contribution is 0.0161. The molecule has 2 aromatic heterocycles. The van der Waals surface area contributed by atoms with Crippen LogP contribution in [0.25, 0.3) is 21.5 Å². The van der Waals surface area contributed by atoms with Crippen molar-refractivity contribution in [2.45, 2.75) is 120 Å². The largest absolute Gasteiger partial charge is 0.478 e. The number of nitrogens with one attached hydrogen (secondary N) is 4. The van der Waals surface area contributed by atoms with Crippen LogP contribution in [0.4, 0.5) is 11.4 Å². The number of nitrogens with zero attached hydrogens (tertiary/aromatic N) is 2. The van der Waals surface area contributed by atoms with Crippen molar-refractivity contribution in [2.24, 2.45) is 0 Å². The normalized spacial score (nSPS) is 18.9. The molecule has 5 N–H and O–H groups in total. The van der Waals surface area contributed by atoms with Crippen molar-refractivity contribution in [3.8, 4) is 0 Å². The molecule has 0 radical (unpaired) electrons. The average Bonchev–Trinajstić information content (AvgIpc) is 4.05. The number of pyridine rings is 2. The van der Waals surface area contributed by atoms with E-state index in [1.54, 1.807) is 36.4 Å². The Kier molecular flexibility index (Phi) is 18.8. The number of carbonyl (C=O) groups excluding carboxylic acids is 3. The molecule has 11 rings (SSSR count). The molecule has 13 heteroatoms. The summed E-state index contributed by atoms with van der Waals surface area (Å²) in [7, 11) is 0. The van der Waals surface area contributed by atoms with Gasteiger partial charge >= 0.3 is 11.9 Å². The number of aromatic carboxylic acids is 1. The third-order valence-corrected chi connectivity index (χ3v) is 15.8. The number of benzene rings is 6. The van der Waals surface area contributed by atoms with Crippen molar-refractivity contribution < 1.29 is 33.8 Å². The second-order valence-corrected chi connectivity index (χ2v) is 21.5. The number of anilines is 2. The molecule has 80 heavy (non-hydrogen) atoms. The van der Waals surface area contributed by atoms with Crippen LogP contribution in [-0.2, 0) is 35.4 Å². The number of ether oxygens (including phenoxy) is 2. The average molecular weight is 1070 g/mol. The fourth-order valence-corrected chi connectivity index (χ4v) is 11.2. The van der Waals surface area contributed by atoms with Gasteiger partial charge in [-0.3, -0.25) is 19.6 Å². The second-order valence-electron chi connectivity index (χ2n) is 21.5. The van der Waals surface area contributed by atoms with E-state index in [1.165, 1.54) is 39.8 Å². The number of carboxylic acids is 1. The van der Waals surface area contributed by atoms with Gasteiger partial charge in [-0.25, -0.2) is 9.59 Å². The summed E-state index contributed by atoms with van der Waals surface area (Å²) in [5, 5.41) is 28.7. The van der Waals surface area contributed by atoms with Gasteiger partial charge in [-0.05, 0) is 135 Å². The third-order valence-electron chi connectivity index (χ3n) is 15.8. The first-order valence-corrected chi connectivity index (χ1v) is 28.3. The summed E-state index contributed by atoms with van der Waals surface area (Å²) in [4.78, 5) is 57.5. The molecular formula is C67H70N6O7. The summed E-state index contributed by atoms with van der Waals surface area (Å²) >= 11 is 0. The number of aromatic nitrogens is 2. The van der Waals surface area contributed by atoms with Crippen molar-refractivity contribution in [1.82, 2.24) is 20.6 Å². The van der Waals surface area contributed by atoms with Gasteiger partial charge in [0.2, 0.25) is 0 Å². The van der Waals surface area contributed by atoms with Crippen molar-refractivity contribution in [1.29, 1.82) is 0 Å². The van der Waals surface area contributed by atoms with Gasteiger partial charge in [-0.15, -0.1) is 0 Å². The Morgan fingerprint density at radius 3 is 1.40 bits per heavy atom. The highest BCUT2D eigenvalue weighted by atomic mass is 16.6. The van der Waals surface area contributed by atoms with Crippen LogP contribution in [0, 0.1) is 0 Å². The highest BCUT2D eigenvalue weighted by molar-refractivity contribution is 6.00. The first kappa shape index (κ1) is 55.2. The van der Waals surface area contributed by atoms with Crippen LogP contribution in [0.15, 0.2) is 170 Å². The molecular weight excluding hydrogens is 1000 g/mol. The third kappa shape index (κ3) is 15.2. The SMILES string of the molecule is O=C(Cc1cccc(CNC2CCC(Nc3cccc4cnccc34)CC2)c1)c1ccc(C(=O)OCC2CCCO2)cc1.O=C(O)c1ccc(C(=O)Cc2cccc(CNC3CCC(Nc4cccc5cnccc45)CC3)c2)cc1. The molecule has 1 aliphatic heterocycles. The van der Waals surface area contributed by atoms with Crippen molar-refractivity contribution in [3.63, 3.8) is 0 Å². The van der Waals surface area contributed by atoms with E-state index in [0.717, 1.165) is 111 Å². The summed E-state index contributed by atoms with van der Waals surface area (Å²) in [5.74, 6) is -1.37. The zero-order chi connectivity index (χ0) is 55.0. The number of rotatable bonds is 20. The van der Waals surface area contributed by atoms with Gasteiger partial charge in [0.15, 0.2) is 11.6 Å². The highest BCUT2D eigenvalue weighted by Crippen LogP contribution is 2.30. The lowest BCUT2D eigenvalue weighted by Gasteiger charge is -2.31. The number of esters is 1. The van der Waals surface area contributed by atoms with E-state index in [4.69, 9.17) is 14.6 Å². The van der Waals surface area contributed by atoms with Gasteiger partial charge in [-0.2, -0.15) is 0 Å². The van der Waals surface area contributed by atoms with Crippen LogP contribution in [0.5, 0.6) is 0 Å². The minimum atomic E-state index is -0.994. The van der Waals surface area contributed by atoms with Crippen LogP contribution < -0.4 is 21.3 Å². The first-order valence-electron chi connectivity index (χ1n) is 28.3. The zero-order valence-electron chi connectivity index (χ0n) is 45.2. The maximum atomic E-state index is 13.0. The second kappa shape index (κ2) is 27.2. The van der Waals surface area contributed by atoms with Crippen molar-refractivity contribution >= 4 is 56.4 Å². The fourth-order valence-electron chi connectivity index (χ4n) is 11.2. The Hall–Kier alpha value is -8.10. The number of hydrogen-bond acceptors (Lipinski definition) is 12. The minimum absolute atomic E-state index is 0.00676. The van der Waals surface area contributed by atoms with Gasteiger partial charge in [0, 0.05) is 126 Å². The molecule has 8 aromatic rings. The molecule has 1 unspecified atom stereocenters. The van der Waals surface area contributed by atoms with E-state index >= 15 is 0 Å². The Balaban J connectivity index is 0.000000182. The van der Waals surface area contributed by atoms with E-state index in [9.17, 15) is 19.2 Å². The molecule has 3 heterocycles. The molecule has 0 bridgehead atoms. The summed E-state index contributed by atoms with van der Waals surface area (Å²) < 4.78 is 10.9. The number of Topliss-reactive ketones (excluding diaryl/α,β-unsaturated/α-hetero) is 2. The van der Waals surface area contributed by atoms with Crippen molar-refractivity contribution in [2.75, 3.05) is 23.8 Å². The highest BCUT2D eigenvalue weighted by Gasteiger charge is 2.24. The molecule has 1 atom stereocenters. The lowest BCUT2D eigenvalue weighted by Crippen LogP contribution is -2.36. The maximum Gasteiger partial charge on any atom is 0.338 e. The van der Waals surface area contributed by atoms with Gasteiger partial charge < -0.3 is 35.8 Å². The molecule has 2 aliphatic carbocycles. The van der Waals surface area contributed by atoms with E-state index in [-0.39, 0.29) is 35.8 Å². The Bertz CT molecular complexity index is 3370.